The molecule has 2 unspecified atom stereocenters. The van der Waals surface area contributed by atoms with Crippen molar-refractivity contribution in [2.45, 2.75) is 58.2 Å². The number of pyridine rings is 1. The average molecular weight is 542 g/mol. The molecular weight excluding hydrogens is 510 g/mol. The number of nitrogens with one attached hydrogen (secondary N) is 1. The largest absolute Gasteiger partial charge is 0.468 e. The number of β-amino-alcohol motifs (C(OH)–C–C–N with tert-alkyl or cyclic N) is 1. The summed E-state index contributed by atoms with van der Waals surface area (Å²) in [5.41, 5.74) is 4.31. The number of carbonyl (C=O) groups is 3. The zero-order valence-electron chi connectivity index (χ0n) is 21.7. The van der Waals surface area contributed by atoms with Crippen molar-refractivity contribution in [3.63, 3.8) is 0 Å². The van der Waals surface area contributed by atoms with E-state index in [0.717, 1.165) is 21.8 Å². The van der Waals surface area contributed by atoms with E-state index in [4.69, 9.17) is 9.26 Å². The number of carbonyl (C=O) groups excluding carboxylic acids is 3. The van der Waals surface area contributed by atoms with E-state index in [-0.39, 0.29) is 55.0 Å². The van der Waals surface area contributed by atoms with E-state index >= 15 is 0 Å². The number of nitrogens with zero attached hydrogens (tertiary/aromatic N) is 4. The zero-order chi connectivity index (χ0) is 27.4. The Morgan fingerprint density at radius 3 is 2.74 bits per heavy atom. The highest BCUT2D eigenvalue weighted by Gasteiger charge is 2.43. The van der Waals surface area contributed by atoms with Crippen molar-refractivity contribution in [1.29, 1.82) is 0 Å². The van der Waals surface area contributed by atoms with Crippen LogP contribution in [-0.2, 0) is 14.4 Å². The Hall–Kier alpha value is -3.64. The molecule has 12 heteroatoms. The first kappa shape index (κ1) is 27.4. The van der Waals surface area contributed by atoms with Crippen LogP contribution in [0.1, 0.15) is 56.2 Å². The molecule has 11 nitrogen and oxygen atoms in total. The van der Waals surface area contributed by atoms with E-state index in [1.165, 1.54) is 22.3 Å². The third-order valence-electron chi connectivity index (χ3n) is 6.53. The van der Waals surface area contributed by atoms with Crippen LogP contribution in [0.2, 0.25) is 0 Å². The maximum absolute atomic E-state index is 13.6. The van der Waals surface area contributed by atoms with Crippen molar-refractivity contribution in [1.82, 2.24) is 25.3 Å². The molecule has 1 fully saturated rings. The number of hydrogen-bond donors (Lipinski definition) is 2. The molecule has 2 amide bonds. The van der Waals surface area contributed by atoms with Gasteiger partial charge in [0, 0.05) is 25.2 Å². The van der Waals surface area contributed by atoms with Gasteiger partial charge in [0.2, 0.25) is 11.8 Å². The van der Waals surface area contributed by atoms with Gasteiger partial charge in [-0.15, -0.1) is 11.3 Å². The Kier molecular flexibility index (Phi) is 8.52. The Morgan fingerprint density at radius 2 is 2.11 bits per heavy atom. The average Bonchev–Trinajstić information content (AvgIpc) is 3.62. The summed E-state index contributed by atoms with van der Waals surface area (Å²) in [6.07, 6.45) is 1.60. The molecule has 1 aliphatic heterocycles. The summed E-state index contributed by atoms with van der Waals surface area (Å²) in [6.45, 7) is 7.32. The number of aliphatic hydroxyl groups is 1. The van der Waals surface area contributed by atoms with Crippen LogP contribution in [-0.4, -0.2) is 68.5 Å². The number of thiazole rings is 1. The maximum Gasteiger partial charge on any atom is 0.254 e. The third-order valence-corrected chi connectivity index (χ3v) is 7.48. The molecule has 0 saturated carbocycles. The molecule has 1 aliphatic rings. The molecule has 3 aromatic heterocycles. The van der Waals surface area contributed by atoms with E-state index in [2.05, 4.69) is 20.4 Å². The van der Waals surface area contributed by atoms with Crippen molar-refractivity contribution in [2.24, 2.45) is 5.92 Å². The summed E-state index contributed by atoms with van der Waals surface area (Å²) in [7, 11) is 0. The smallest absolute Gasteiger partial charge is 0.254 e. The topological polar surface area (TPSA) is 148 Å². The highest BCUT2D eigenvalue weighted by Crippen LogP contribution is 2.32. The number of aromatic nitrogens is 3. The van der Waals surface area contributed by atoms with Gasteiger partial charge < -0.3 is 24.6 Å². The molecule has 0 bridgehead atoms. The van der Waals surface area contributed by atoms with Gasteiger partial charge >= 0.3 is 0 Å². The molecule has 3 aromatic rings. The highest BCUT2D eigenvalue weighted by molar-refractivity contribution is 7.13. The predicted molar refractivity (Wildman–Crippen MR) is 138 cm³/mol. The van der Waals surface area contributed by atoms with Gasteiger partial charge in [-0.05, 0) is 36.6 Å². The van der Waals surface area contributed by atoms with Crippen molar-refractivity contribution in [3.8, 4) is 16.5 Å². The minimum absolute atomic E-state index is 0.0294. The van der Waals surface area contributed by atoms with E-state index in [0.29, 0.717) is 6.29 Å². The second-order valence-corrected chi connectivity index (χ2v) is 10.5. The minimum atomic E-state index is -0.845. The van der Waals surface area contributed by atoms with Crippen molar-refractivity contribution in [2.75, 3.05) is 13.2 Å². The molecule has 0 spiro atoms. The third kappa shape index (κ3) is 5.91. The van der Waals surface area contributed by atoms with Gasteiger partial charge in [-0.2, -0.15) is 0 Å². The van der Waals surface area contributed by atoms with Gasteiger partial charge in [0.15, 0.2) is 12.0 Å². The second kappa shape index (κ2) is 11.8. The summed E-state index contributed by atoms with van der Waals surface area (Å²) < 4.78 is 10.5. The number of rotatable bonds is 10. The molecule has 202 valence electrons. The highest BCUT2D eigenvalue weighted by atomic mass is 32.1. The Balaban J connectivity index is 1.46. The van der Waals surface area contributed by atoms with Gasteiger partial charge in [0.05, 0.1) is 33.9 Å². The van der Waals surface area contributed by atoms with Crippen LogP contribution in [0.3, 0.4) is 0 Å². The Labute approximate surface area is 224 Å². The lowest BCUT2D eigenvalue weighted by Crippen LogP contribution is -2.48. The Bertz CT molecular complexity index is 1270. The molecule has 1 saturated heterocycles. The van der Waals surface area contributed by atoms with Crippen molar-refractivity contribution < 1.29 is 28.8 Å². The fourth-order valence-electron chi connectivity index (χ4n) is 4.56. The normalized spacial score (nSPS) is 18.8. The molecular formula is C26H31N5O6S. The maximum atomic E-state index is 13.6. The zero-order valence-corrected chi connectivity index (χ0v) is 22.5. The molecule has 4 rings (SSSR count). The second-order valence-electron chi connectivity index (χ2n) is 9.64. The van der Waals surface area contributed by atoms with Gasteiger partial charge in [-0.3, -0.25) is 19.4 Å². The molecule has 4 atom stereocenters. The molecule has 0 radical (unpaired) electrons. The standard InChI is InChI=1S/C26H31N5O6S/c1-14(2)23(21-10-22(30-37-21)36-8-7-32)26(35)31-12-18(33)9-20(31)25(34)29-15(3)17-5-6-19(27-11-17)24-16(4)28-13-38-24/h5-7,10-11,13-15,18,20,23,33H,8-9,12H2,1-4H3,(H,29,34)/t15?,18-,20+,23?/m1/s1. The summed E-state index contributed by atoms with van der Waals surface area (Å²) in [6, 6.07) is 4.06. The lowest BCUT2D eigenvalue weighted by atomic mass is 9.91. The van der Waals surface area contributed by atoms with Crippen LogP contribution in [0.25, 0.3) is 10.6 Å². The fourth-order valence-corrected chi connectivity index (χ4v) is 5.34. The summed E-state index contributed by atoms with van der Waals surface area (Å²) in [5.74, 6) is -1.29. The monoisotopic (exact) mass is 541 g/mol. The number of hydrogen-bond acceptors (Lipinski definition) is 10. The number of likely N-dealkylation sites (tertiary alicyclic amines) is 1. The first-order valence-corrected chi connectivity index (χ1v) is 13.3. The first-order valence-electron chi connectivity index (χ1n) is 12.4. The van der Waals surface area contributed by atoms with Gasteiger partial charge in [0.1, 0.15) is 18.6 Å². The SMILES string of the molecule is Cc1ncsc1-c1ccc(C(C)NC(=O)[C@@H]2C[C@@H](O)CN2C(=O)C(c2cc(OCC=O)no2)C(C)C)cn1. The van der Waals surface area contributed by atoms with Crippen LogP contribution in [0.15, 0.2) is 34.4 Å². The quantitative estimate of drug-likeness (QED) is 0.370. The van der Waals surface area contributed by atoms with Gasteiger partial charge in [-0.25, -0.2) is 4.98 Å². The van der Waals surface area contributed by atoms with E-state index < -0.39 is 18.1 Å². The molecule has 38 heavy (non-hydrogen) atoms. The summed E-state index contributed by atoms with van der Waals surface area (Å²) in [5, 5.41) is 17.1. The van der Waals surface area contributed by atoms with Gasteiger partial charge in [-0.1, -0.05) is 19.9 Å². The van der Waals surface area contributed by atoms with E-state index in [1.54, 1.807) is 11.7 Å². The van der Waals surface area contributed by atoms with E-state index in [9.17, 15) is 19.5 Å². The van der Waals surface area contributed by atoms with Crippen LogP contribution >= 0.6 is 11.3 Å². The Morgan fingerprint density at radius 1 is 1.32 bits per heavy atom. The first-order chi connectivity index (χ1) is 18.2. The fraction of sp³-hybridized carbons (Fsp3) is 0.462. The lowest BCUT2D eigenvalue weighted by Gasteiger charge is -2.29. The van der Waals surface area contributed by atoms with Crippen LogP contribution < -0.4 is 10.1 Å². The number of aliphatic hydroxyl groups excluding tert-OH is 1. The predicted octanol–water partition coefficient (Wildman–Crippen LogP) is 2.66. The summed E-state index contributed by atoms with van der Waals surface area (Å²) in [4.78, 5) is 48.7. The molecule has 0 aliphatic carbocycles. The van der Waals surface area contributed by atoms with Gasteiger partial charge in [0.25, 0.3) is 5.88 Å². The van der Waals surface area contributed by atoms with Crippen LogP contribution in [0.4, 0.5) is 0 Å². The lowest BCUT2D eigenvalue weighted by molar-refractivity contribution is -0.141. The number of aryl methyl sites for hydroxylation is 1. The molecule has 2 N–H and O–H groups in total. The minimum Gasteiger partial charge on any atom is -0.468 e. The summed E-state index contributed by atoms with van der Waals surface area (Å²) >= 11 is 1.52. The van der Waals surface area contributed by atoms with Crippen molar-refractivity contribution >= 4 is 29.4 Å². The van der Waals surface area contributed by atoms with Crippen molar-refractivity contribution in [3.05, 3.63) is 46.9 Å². The van der Waals surface area contributed by atoms with Crippen LogP contribution in [0.5, 0.6) is 5.88 Å². The number of ether oxygens (including phenoxy) is 1. The molecule has 4 heterocycles. The van der Waals surface area contributed by atoms with E-state index in [1.807, 2.05) is 39.8 Å². The number of aldehydes is 1. The number of amides is 2. The molecule has 0 aromatic carbocycles. The van der Waals surface area contributed by atoms with Crippen LogP contribution in [0, 0.1) is 12.8 Å².